The van der Waals surface area contributed by atoms with Gasteiger partial charge in [-0.1, -0.05) is 0 Å². The van der Waals surface area contributed by atoms with Crippen LogP contribution >= 0.6 is 0 Å². The van der Waals surface area contributed by atoms with Crippen molar-refractivity contribution in [3.63, 3.8) is 0 Å². The van der Waals surface area contributed by atoms with Gasteiger partial charge in [-0.05, 0) is 12.8 Å². The molecule has 2 fully saturated rings. The maximum Gasteiger partial charge on any atom is 0.281 e. The second-order valence-electron chi connectivity index (χ2n) is 5.54. The van der Waals surface area contributed by atoms with Crippen LogP contribution in [0.15, 0.2) is 0 Å². The largest absolute Gasteiger partial charge is 0.350 e. The molecule has 10 heteroatoms. The number of carbonyl (C=O) groups excluding carboxylic acids is 1. The average molecular weight is 336 g/mol. The summed E-state index contributed by atoms with van der Waals surface area (Å²) in [6.45, 7) is 1.43. The molecule has 0 aromatic rings. The van der Waals surface area contributed by atoms with Crippen molar-refractivity contribution in [3.8, 4) is 0 Å². The number of piperazine rings is 1. The SMILES string of the molecule is CN(C)S(=O)(=O)N1CCN[C@@H](C(=O)NOC2CCCCO2)C1. The van der Waals surface area contributed by atoms with Gasteiger partial charge in [-0.3, -0.25) is 4.79 Å². The van der Waals surface area contributed by atoms with Crippen molar-refractivity contribution in [3.05, 3.63) is 0 Å². The Balaban J connectivity index is 1.84. The first-order chi connectivity index (χ1) is 10.4. The van der Waals surface area contributed by atoms with Gasteiger partial charge in [0.25, 0.3) is 16.1 Å². The van der Waals surface area contributed by atoms with Gasteiger partial charge in [0.15, 0.2) is 6.29 Å². The van der Waals surface area contributed by atoms with Gasteiger partial charge in [0.2, 0.25) is 0 Å². The van der Waals surface area contributed by atoms with Gasteiger partial charge >= 0.3 is 0 Å². The van der Waals surface area contributed by atoms with E-state index in [-0.39, 0.29) is 6.54 Å². The average Bonchev–Trinajstić information content (AvgIpc) is 2.53. The molecule has 0 radical (unpaired) electrons. The number of rotatable bonds is 5. The molecule has 0 bridgehead atoms. The van der Waals surface area contributed by atoms with Gasteiger partial charge in [0, 0.05) is 46.8 Å². The van der Waals surface area contributed by atoms with E-state index in [9.17, 15) is 13.2 Å². The first-order valence-electron chi connectivity index (χ1n) is 7.39. The highest BCUT2D eigenvalue weighted by Crippen LogP contribution is 2.13. The molecule has 2 heterocycles. The Morgan fingerprint density at radius 2 is 2.18 bits per heavy atom. The summed E-state index contributed by atoms with van der Waals surface area (Å²) in [4.78, 5) is 17.3. The summed E-state index contributed by atoms with van der Waals surface area (Å²) >= 11 is 0. The molecule has 2 saturated heterocycles. The normalized spacial score (nSPS) is 27.8. The first-order valence-corrected chi connectivity index (χ1v) is 8.79. The number of ether oxygens (including phenoxy) is 1. The van der Waals surface area contributed by atoms with Gasteiger partial charge < -0.3 is 10.1 Å². The van der Waals surface area contributed by atoms with Crippen LogP contribution in [0.2, 0.25) is 0 Å². The van der Waals surface area contributed by atoms with Crippen molar-refractivity contribution in [1.82, 2.24) is 19.4 Å². The monoisotopic (exact) mass is 336 g/mol. The molecule has 22 heavy (non-hydrogen) atoms. The van der Waals surface area contributed by atoms with Crippen LogP contribution in [-0.2, 0) is 24.6 Å². The number of nitrogens with zero attached hydrogens (tertiary/aromatic N) is 2. The molecule has 0 aromatic carbocycles. The van der Waals surface area contributed by atoms with E-state index in [0.717, 1.165) is 23.6 Å². The molecule has 2 N–H and O–H groups in total. The summed E-state index contributed by atoms with van der Waals surface area (Å²) in [7, 11) is -0.584. The van der Waals surface area contributed by atoms with Crippen LogP contribution in [-0.4, -0.2) is 75.6 Å². The summed E-state index contributed by atoms with van der Waals surface area (Å²) in [5, 5.41) is 2.99. The van der Waals surface area contributed by atoms with Crippen molar-refractivity contribution in [2.24, 2.45) is 0 Å². The molecule has 0 saturated carbocycles. The molecule has 1 amide bonds. The fraction of sp³-hybridized carbons (Fsp3) is 0.917. The molecule has 0 aromatic heterocycles. The van der Waals surface area contributed by atoms with Gasteiger partial charge in [-0.2, -0.15) is 17.0 Å². The fourth-order valence-electron chi connectivity index (χ4n) is 2.34. The third-order valence-electron chi connectivity index (χ3n) is 3.67. The molecule has 9 nitrogen and oxygen atoms in total. The Kier molecular flexibility index (Phi) is 6.12. The summed E-state index contributed by atoms with van der Waals surface area (Å²) in [6, 6.07) is -0.646. The fourth-order valence-corrected chi connectivity index (χ4v) is 3.46. The van der Waals surface area contributed by atoms with Crippen molar-refractivity contribution in [2.45, 2.75) is 31.6 Å². The lowest BCUT2D eigenvalue weighted by Crippen LogP contribution is -2.59. The van der Waals surface area contributed by atoms with Crippen LogP contribution in [0.5, 0.6) is 0 Å². The summed E-state index contributed by atoms with van der Waals surface area (Å²) in [6.07, 6.45) is 2.30. The van der Waals surface area contributed by atoms with Crippen LogP contribution in [0.25, 0.3) is 0 Å². The molecule has 2 rings (SSSR count). The topological polar surface area (TPSA) is 100 Å². The van der Waals surface area contributed by atoms with E-state index in [1.807, 2.05) is 0 Å². The van der Waals surface area contributed by atoms with Crippen LogP contribution in [0.3, 0.4) is 0 Å². The van der Waals surface area contributed by atoms with Gasteiger partial charge in [0.05, 0.1) is 0 Å². The number of hydroxylamine groups is 1. The Hall–Kier alpha value is -0.780. The zero-order valence-electron chi connectivity index (χ0n) is 12.9. The molecule has 1 unspecified atom stereocenters. The Morgan fingerprint density at radius 1 is 1.41 bits per heavy atom. The molecule has 2 aliphatic rings. The Bertz CT molecular complexity index is 478. The Morgan fingerprint density at radius 3 is 2.82 bits per heavy atom. The maximum absolute atomic E-state index is 12.1. The van der Waals surface area contributed by atoms with Crippen LogP contribution in [0.1, 0.15) is 19.3 Å². The molecular formula is C12H24N4O5S. The molecular weight excluding hydrogens is 312 g/mol. The molecule has 0 spiro atoms. The van der Waals surface area contributed by atoms with Crippen molar-refractivity contribution < 1.29 is 22.8 Å². The smallest absolute Gasteiger partial charge is 0.281 e. The van der Waals surface area contributed by atoms with Crippen LogP contribution < -0.4 is 10.8 Å². The second kappa shape index (κ2) is 7.66. The highest BCUT2D eigenvalue weighted by atomic mass is 32.2. The molecule has 128 valence electrons. The predicted molar refractivity (Wildman–Crippen MR) is 78.8 cm³/mol. The van der Waals surface area contributed by atoms with Crippen molar-refractivity contribution in [1.29, 1.82) is 0 Å². The van der Waals surface area contributed by atoms with Gasteiger partial charge in [-0.15, -0.1) is 0 Å². The second-order valence-corrected chi connectivity index (χ2v) is 7.68. The number of hydrogen-bond acceptors (Lipinski definition) is 6. The minimum absolute atomic E-state index is 0.0707. The zero-order chi connectivity index (χ0) is 16.2. The predicted octanol–water partition coefficient (Wildman–Crippen LogP) is -1.36. The quantitative estimate of drug-likeness (QED) is 0.602. The van der Waals surface area contributed by atoms with Crippen LogP contribution in [0.4, 0.5) is 0 Å². The number of nitrogens with one attached hydrogen (secondary N) is 2. The minimum atomic E-state index is -3.52. The van der Waals surface area contributed by atoms with E-state index < -0.39 is 28.4 Å². The lowest BCUT2D eigenvalue weighted by atomic mass is 10.2. The lowest BCUT2D eigenvalue weighted by Gasteiger charge is -2.33. The van der Waals surface area contributed by atoms with E-state index in [0.29, 0.717) is 19.7 Å². The van der Waals surface area contributed by atoms with E-state index in [4.69, 9.17) is 9.57 Å². The highest BCUT2D eigenvalue weighted by Gasteiger charge is 2.33. The Labute approximate surface area is 131 Å². The van der Waals surface area contributed by atoms with Crippen molar-refractivity contribution >= 4 is 16.1 Å². The molecule has 2 aliphatic heterocycles. The van der Waals surface area contributed by atoms with E-state index in [1.165, 1.54) is 18.4 Å². The van der Waals surface area contributed by atoms with E-state index in [1.54, 1.807) is 0 Å². The van der Waals surface area contributed by atoms with Gasteiger partial charge in [-0.25, -0.2) is 10.3 Å². The third-order valence-corrected chi connectivity index (χ3v) is 5.58. The number of hydrogen-bond donors (Lipinski definition) is 2. The third kappa shape index (κ3) is 4.37. The van der Waals surface area contributed by atoms with Gasteiger partial charge in [0.1, 0.15) is 6.04 Å². The number of amides is 1. The molecule has 2 atom stereocenters. The van der Waals surface area contributed by atoms with E-state index in [2.05, 4.69) is 10.8 Å². The summed E-state index contributed by atoms with van der Waals surface area (Å²) in [5.74, 6) is -0.396. The summed E-state index contributed by atoms with van der Waals surface area (Å²) < 4.78 is 32.0. The maximum atomic E-state index is 12.1. The van der Waals surface area contributed by atoms with Crippen LogP contribution in [0, 0.1) is 0 Å². The highest BCUT2D eigenvalue weighted by molar-refractivity contribution is 7.86. The number of carbonyl (C=O) groups is 1. The minimum Gasteiger partial charge on any atom is -0.350 e. The lowest BCUT2D eigenvalue weighted by molar-refractivity contribution is -0.201. The molecule has 0 aliphatic carbocycles. The standard InChI is InChI=1S/C12H24N4O5S/c1-15(2)22(18,19)16-7-6-13-10(9-16)12(17)14-21-11-5-3-4-8-20-11/h10-11,13H,3-9H2,1-2H3,(H,14,17)/t10-,11?/m1/s1. The van der Waals surface area contributed by atoms with Crippen molar-refractivity contribution in [2.75, 3.05) is 40.3 Å². The zero-order valence-corrected chi connectivity index (χ0v) is 13.8. The van der Waals surface area contributed by atoms with E-state index >= 15 is 0 Å². The first kappa shape index (κ1) is 17.6. The summed E-state index contributed by atoms with van der Waals surface area (Å²) in [5.41, 5.74) is 2.36.